The topological polar surface area (TPSA) is 91.0 Å². The lowest BCUT2D eigenvalue weighted by molar-refractivity contribution is -0.136. The fraction of sp³-hybridized carbons (Fsp3) is 0.143. The lowest BCUT2D eigenvalue weighted by Gasteiger charge is -2.11. The number of aliphatic carboxylic acids is 1. The average molecular weight is 488 g/mol. The zero-order valence-corrected chi connectivity index (χ0v) is 19.4. The van der Waals surface area contributed by atoms with Gasteiger partial charge < -0.3 is 19.8 Å². The number of aromatic amines is 2. The number of ether oxygens (including phenoxy) is 1. The molecule has 0 saturated carbocycles. The first-order chi connectivity index (χ1) is 17.4. The zero-order chi connectivity index (χ0) is 25.2. The largest absolute Gasteiger partial charge is 0.481 e. The molecule has 6 nitrogen and oxygen atoms in total. The summed E-state index contributed by atoms with van der Waals surface area (Å²) >= 11 is 0. The van der Waals surface area contributed by atoms with Crippen molar-refractivity contribution in [1.82, 2.24) is 15.0 Å². The molecule has 182 valence electrons. The van der Waals surface area contributed by atoms with Gasteiger partial charge in [0.05, 0.1) is 5.56 Å². The van der Waals surface area contributed by atoms with E-state index in [4.69, 9.17) is 9.84 Å². The van der Waals surface area contributed by atoms with Crippen LogP contribution in [0.15, 0.2) is 67.0 Å². The molecule has 0 amide bonds. The van der Waals surface area contributed by atoms with Gasteiger partial charge in [-0.2, -0.15) is 0 Å². The van der Waals surface area contributed by atoms with Gasteiger partial charge in [0.15, 0.2) is 0 Å². The van der Waals surface area contributed by atoms with Crippen molar-refractivity contribution in [3.05, 3.63) is 101 Å². The third-order valence-electron chi connectivity index (χ3n) is 6.04. The van der Waals surface area contributed by atoms with Crippen molar-refractivity contribution in [1.29, 1.82) is 0 Å². The smallest absolute Gasteiger partial charge is 0.303 e. The first-order valence-electron chi connectivity index (χ1n) is 11.4. The Hall–Kier alpha value is -4.46. The molecular weight excluding hydrogens is 464 g/mol. The van der Waals surface area contributed by atoms with E-state index >= 15 is 0 Å². The Morgan fingerprint density at radius 1 is 1.06 bits per heavy atom. The standard InChI is InChI=1S/C28H23F2N3O3/c1-16-22-8-9-31-25(22)5-6-26(16)36-21-3-4-24(30)23(14-21)28-32-15-20(33-28)13-18-10-17(2-7-27(34)35)11-19(29)12-18/h3-6,8-12,14-15,31H,2,7,13H2,1H3,(H,32,33)(H,34,35). The summed E-state index contributed by atoms with van der Waals surface area (Å²) in [6.07, 6.45) is 3.94. The summed E-state index contributed by atoms with van der Waals surface area (Å²) in [7, 11) is 0. The molecule has 0 spiro atoms. The summed E-state index contributed by atoms with van der Waals surface area (Å²) in [6, 6.07) is 14.8. The van der Waals surface area contributed by atoms with Gasteiger partial charge >= 0.3 is 5.97 Å². The molecule has 0 radical (unpaired) electrons. The number of nitrogens with one attached hydrogen (secondary N) is 2. The molecule has 0 atom stereocenters. The minimum Gasteiger partial charge on any atom is -0.481 e. The molecule has 0 saturated heterocycles. The van der Waals surface area contributed by atoms with E-state index in [0.717, 1.165) is 16.5 Å². The predicted molar refractivity (Wildman–Crippen MR) is 132 cm³/mol. The van der Waals surface area contributed by atoms with E-state index < -0.39 is 17.6 Å². The lowest BCUT2D eigenvalue weighted by Crippen LogP contribution is -1.99. The number of aryl methyl sites for hydroxylation is 2. The van der Waals surface area contributed by atoms with E-state index in [1.54, 1.807) is 24.4 Å². The Morgan fingerprint density at radius 3 is 2.72 bits per heavy atom. The Bertz CT molecular complexity index is 1570. The van der Waals surface area contributed by atoms with Crippen molar-refractivity contribution in [3.63, 3.8) is 0 Å². The van der Waals surface area contributed by atoms with Gasteiger partial charge in [0.1, 0.15) is 29.0 Å². The van der Waals surface area contributed by atoms with Gasteiger partial charge in [-0.05, 0) is 73.0 Å². The van der Waals surface area contributed by atoms with Gasteiger partial charge in [-0.3, -0.25) is 4.79 Å². The van der Waals surface area contributed by atoms with E-state index in [9.17, 15) is 13.6 Å². The molecule has 36 heavy (non-hydrogen) atoms. The van der Waals surface area contributed by atoms with Crippen molar-refractivity contribution in [2.75, 3.05) is 0 Å². The number of halogens is 2. The molecule has 0 aliphatic carbocycles. The highest BCUT2D eigenvalue weighted by Gasteiger charge is 2.14. The van der Waals surface area contributed by atoms with Gasteiger partial charge in [0, 0.05) is 47.4 Å². The van der Waals surface area contributed by atoms with Crippen LogP contribution in [0.1, 0.15) is 28.8 Å². The normalized spacial score (nSPS) is 11.2. The molecule has 8 heteroatoms. The third kappa shape index (κ3) is 4.98. The first-order valence-corrected chi connectivity index (χ1v) is 11.4. The van der Waals surface area contributed by atoms with Crippen LogP contribution in [0.4, 0.5) is 8.78 Å². The fourth-order valence-electron chi connectivity index (χ4n) is 4.27. The highest BCUT2D eigenvalue weighted by molar-refractivity contribution is 5.85. The van der Waals surface area contributed by atoms with E-state index in [2.05, 4.69) is 15.0 Å². The molecule has 0 fully saturated rings. The molecule has 0 aliphatic heterocycles. The highest BCUT2D eigenvalue weighted by Crippen LogP contribution is 2.33. The summed E-state index contributed by atoms with van der Waals surface area (Å²) < 4.78 is 34.8. The zero-order valence-electron chi connectivity index (χ0n) is 19.4. The molecular formula is C28H23F2N3O3. The van der Waals surface area contributed by atoms with Gasteiger partial charge in [0.25, 0.3) is 0 Å². The second-order valence-corrected chi connectivity index (χ2v) is 8.67. The number of rotatable bonds is 8. The van der Waals surface area contributed by atoms with Gasteiger partial charge in [-0.1, -0.05) is 6.07 Å². The Kier molecular flexibility index (Phi) is 6.25. The number of nitrogens with zero attached hydrogens (tertiary/aromatic N) is 1. The Balaban J connectivity index is 1.37. The quantitative estimate of drug-likeness (QED) is 0.232. The summed E-state index contributed by atoms with van der Waals surface area (Å²) in [6.45, 7) is 1.97. The number of aromatic nitrogens is 3. The second kappa shape index (κ2) is 9.65. The van der Waals surface area contributed by atoms with Crippen LogP contribution < -0.4 is 4.74 Å². The predicted octanol–water partition coefficient (Wildman–Crippen LogP) is 6.54. The summed E-state index contributed by atoms with van der Waals surface area (Å²) in [5.41, 5.74) is 4.17. The summed E-state index contributed by atoms with van der Waals surface area (Å²) in [4.78, 5) is 21.4. The molecule has 0 unspecified atom stereocenters. The molecule has 3 N–H and O–H groups in total. The van der Waals surface area contributed by atoms with Crippen molar-refractivity contribution < 1.29 is 23.4 Å². The maximum Gasteiger partial charge on any atom is 0.303 e. The fourth-order valence-corrected chi connectivity index (χ4v) is 4.27. The van der Waals surface area contributed by atoms with Gasteiger partial charge in [-0.15, -0.1) is 0 Å². The third-order valence-corrected chi connectivity index (χ3v) is 6.04. The summed E-state index contributed by atoms with van der Waals surface area (Å²) in [5, 5.41) is 9.93. The van der Waals surface area contributed by atoms with Crippen LogP contribution in [0.5, 0.6) is 11.5 Å². The van der Waals surface area contributed by atoms with Crippen LogP contribution in [-0.2, 0) is 17.6 Å². The molecule has 5 aromatic rings. The number of fused-ring (bicyclic) bond motifs is 1. The van der Waals surface area contributed by atoms with Crippen LogP contribution in [-0.4, -0.2) is 26.0 Å². The van der Waals surface area contributed by atoms with Crippen LogP contribution in [0.25, 0.3) is 22.3 Å². The van der Waals surface area contributed by atoms with E-state index in [1.807, 2.05) is 31.3 Å². The van der Waals surface area contributed by atoms with Crippen LogP contribution in [0.3, 0.4) is 0 Å². The van der Waals surface area contributed by atoms with Crippen LogP contribution in [0, 0.1) is 18.6 Å². The van der Waals surface area contributed by atoms with Crippen LogP contribution in [0.2, 0.25) is 0 Å². The Morgan fingerprint density at radius 2 is 1.89 bits per heavy atom. The number of imidazole rings is 1. The monoisotopic (exact) mass is 487 g/mol. The van der Waals surface area contributed by atoms with Gasteiger partial charge in [-0.25, -0.2) is 13.8 Å². The Labute approximate surface area is 205 Å². The maximum absolute atomic E-state index is 14.7. The number of H-pyrrole nitrogens is 2. The summed E-state index contributed by atoms with van der Waals surface area (Å²) in [5.74, 6) is -0.361. The number of benzene rings is 3. The van der Waals surface area contributed by atoms with E-state index in [1.165, 1.54) is 18.2 Å². The maximum atomic E-state index is 14.7. The molecule has 0 bridgehead atoms. The van der Waals surface area contributed by atoms with E-state index in [0.29, 0.717) is 40.6 Å². The number of carboxylic acid groups (broad SMARTS) is 1. The molecule has 2 aromatic heterocycles. The SMILES string of the molecule is Cc1c(Oc2ccc(F)c(-c3ncc(Cc4cc(F)cc(CCC(=O)O)c4)[nH]3)c2)ccc2[nH]ccc12. The van der Waals surface area contributed by atoms with Crippen molar-refractivity contribution in [3.8, 4) is 22.9 Å². The minimum absolute atomic E-state index is 0.0760. The number of hydrogen-bond donors (Lipinski definition) is 3. The molecule has 3 aromatic carbocycles. The first kappa shape index (κ1) is 23.3. The molecule has 0 aliphatic rings. The molecule has 2 heterocycles. The second-order valence-electron chi connectivity index (χ2n) is 8.67. The number of carbonyl (C=O) groups is 1. The lowest BCUT2D eigenvalue weighted by atomic mass is 10.0. The number of hydrogen-bond acceptors (Lipinski definition) is 3. The molecule has 5 rings (SSSR count). The van der Waals surface area contributed by atoms with Crippen molar-refractivity contribution in [2.24, 2.45) is 0 Å². The van der Waals surface area contributed by atoms with Gasteiger partial charge in [0.2, 0.25) is 0 Å². The minimum atomic E-state index is -0.938. The van der Waals surface area contributed by atoms with Crippen LogP contribution >= 0.6 is 0 Å². The van der Waals surface area contributed by atoms with Crippen molar-refractivity contribution >= 4 is 16.9 Å². The van der Waals surface area contributed by atoms with Crippen molar-refractivity contribution in [2.45, 2.75) is 26.2 Å². The average Bonchev–Trinajstić information content (AvgIpc) is 3.50. The number of carboxylic acids is 1. The highest BCUT2D eigenvalue weighted by atomic mass is 19.1. The van der Waals surface area contributed by atoms with E-state index in [-0.39, 0.29) is 18.4 Å².